The second-order valence-corrected chi connectivity index (χ2v) is 7.24. The summed E-state index contributed by atoms with van der Waals surface area (Å²) in [4.78, 5) is 6.94. The van der Waals surface area contributed by atoms with Crippen molar-refractivity contribution in [2.45, 2.75) is 37.5 Å². The van der Waals surface area contributed by atoms with E-state index in [2.05, 4.69) is 13.8 Å². The van der Waals surface area contributed by atoms with Crippen molar-refractivity contribution in [3.8, 4) is 0 Å². The number of halogens is 1. The van der Waals surface area contributed by atoms with Crippen LogP contribution in [0.15, 0.2) is 29.2 Å². The van der Waals surface area contributed by atoms with Crippen molar-refractivity contribution in [1.82, 2.24) is 4.98 Å². The summed E-state index contributed by atoms with van der Waals surface area (Å²) in [6.07, 6.45) is 0.976. The summed E-state index contributed by atoms with van der Waals surface area (Å²) in [7, 11) is 0. The van der Waals surface area contributed by atoms with E-state index in [1.165, 1.54) is 17.0 Å². The van der Waals surface area contributed by atoms with Crippen LogP contribution in [0.5, 0.6) is 0 Å². The summed E-state index contributed by atoms with van der Waals surface area (Å²) in [5.74, 6) is 1.19. The van der Waals surface area contributed by atoms with Crippen molar-refractivity contribution in [2.24, 2.45) is 11.7 Å². The van der Waals surface area contributed by atoms with Crippen LogP contribution in [0.4, 0.5) is 4.39 Å². The first-order valence-corrected chi connectivity index (χ1v) is 8.44. The largest absolute Gasteiger partial charge is 0.326 e. The molecule has 0 aliphatic heterocycles. The molecule has 0 spiro atoms. The van der Waals surface area contributed by atoms with E-state index in [9.17, 15) is 4.39 Å². The van der Waals surface area contributed by atoms with Gasteiger partial charge in [-0.2, -0.15) is 0 Å². The lowest BCUT2D eigenvalue weighted by atomic mass is 10.1. The highest BCUT2D eigenvalue weighted by molar-refractivity contribution is 7.98. The summed E-state index contributed by atoms with van der Waals surface area (Å²) in [5.41, 5.74) is 6.93. The van der Waals surface area contributed by atoms with Crippen LogP contribution in [-0.4, -0.2) is 4.98 Å². The monoisotopic (exact) mass is 310 g/mol. The zero-order chi connectivity index (χ0) is 14.5. The lowest BCUT2D eigenvalue weighted by Crippen LogP contribution is -2.02. The number of thiazole rings is 1. The van der Waals surface area contributed by atoms with Gasteiger partial charge < -0.3 is 5.73 Å². The minimum absolute atomic E-state index is 0.201. The van der Waals surface area contributed by atoms with E-state index in [1.54, 1.807) is 35.2 Å². The van der Waals surface area contributed by atoms with Crippen LogP contribution < -0.4 is 5.73 Å². The number of benzene rings is 1. The third-order valence-electron chi connectivity index (χ3n) is 2.79. The molecule has 2 rings (SSSR count). The van der Waals surface area contributed by atoms with Gasteiger partial charge in [-0.05, 0) is 36.6 Å². The standard InChI is InChI=1S/C15H19FN2S2/c1-10(2)7-13-14(8-17)20-15(18-13)9-19-12-5-3-11(16)4-6-12/h3-6,10H,7-9,17H2,1-2H3. The van der Waals surface area contributed by atoms with Crippen LogP contribution in [0.25, 0.3) is 0 Å². The second-order valence-electron chi connectivity index (χ2n) is 5.02. The molecule has 1 heterocycles. The molecule has 0 bridgehead atoms. The third-order valence-corrected chi connectivity index (χ3v) is 5.11. The molecule has 5 heteroatoms. The van der Waals surface area contributed by atoms with E-state index in [0.29, 0.717) is 12.5 Å². The van der Waals surface area contributed by atoms with Gasteiger partial charge in [0.2, 0.25) is 0 Å². The van der Waals surface area contributed by atoms with E-state index in [1.807, 2.05) is 0 Å². The molecular formula is C15H19FN2S2. The Morgan fingerprint density at radius 3 is 2.60 bits per heavy atom. The molecular weight excluding hydrogens is 291 g/mol. The number of nitrogens with two attached hydrogens (primary N) is 1. The number of nitrogens with zero attached hydrogens (tertiary/aromatic N) is 1. The van der Waals surface area contributed by atoms with Gasteiger partial charge in [0.1, 0.15) is 10.8 Å². The van der Waals surface area contributed by atoms with E-state index >= 15 is 0 Å². The fraction of sp³-hybridized carbons (Fsp3) is 0.400. The minimum atomic E-state index is -0.201. The van der Waals surface area contributed by atoms with Crippen LogP contribution in [0.3, 0.4) is 0 Å². The molecule has 0 aliphatic rings. The van der Waals surface area contributed by atoms with Crippen molar-refractivity contribution in [3.05, 3.63) is 45.7 Å². The Bertz CT molecular complexity index is 550. The lowest BCUT2D eigenvalue weighted by Gasteiger charge is -2.02. The molecule has 0 amide bonds. The van der Waals surface area contributed by atoms with Crippen LogP contribution in [0, 0.1) is 11.7 Å². The maximum atomic E-state index is 12.8. The molecule has 0 atom stereocenters. The molecule has 20 heavy (non-hydrogen) atoms. The SMILES string of the molecule is CC(C)Cc1nc(CSc2ccc(F)cc2)sc1CN. The Morgan fingerprint density at radius 1 is 1.30 bits per heavy atom. The number of rotatable bonds is 6. The molecule has 0 radical (unpaired) electrons. The van der Waals surface area contributed by atoms with Crippen molar-refractivity contribution < 1.29 is 4.39 Å². The van der Waals surface area contributed by atoms with Gasteiger partial charge in [-0.25, -0.2) is 9.37 Å². The Hall–Kier alpha value is -0.910. The van der Waals surface area contributed by atoms with Gasteiger partial charge in [0, 0.05) is 16.3 Å². The summed E-state index contributed by atoms with van der Waals surface area (Å²) in [5, 5.41) is 1.09. The minimum Gasteiger partial charge on any atom is -0.326 e. The average Bonchev–Trinajstić information content (AvgIpc) is 2.79. The van der Waals surface area contributed by atoms with Gasteiger partial charge in [0.15, 0.2) is 0 Å². The maximum absolute atomic E-state index is 12.8. The van der Waals surface area contributed by atoms with Gasteiger partial charge in [0.05, 0.1) is 11.4 Å². The van der Waals surface area contributed by atoms with Gasteiger partial charge in [-0.3, -0.25) is 0 Å². The fourth-order valence-corrected chi connectivity index (χ4v) is 3.75. The molecule has 0 fully saturated rings. The van der Waals surface area contributed by atoms with Gasteiger partial charge in [-0.1, -0.05) is 13.8 Å². The molecule has 0 saturated heterocycles. The highest BCUT2D eigenvalue weighted by atomic mass is 32.2. The molecule has 1 aromatic carbocycles. The summed E-state index contributed by atoms with van der Waals surface area (Å²) >= 11 is 3.37. The van der Waals surface area contributed by atoms with Gasteiger partial charge in [-0.15, -0.1) is 23.1 Å². The molecule has 1 aromatic heterocycles. The normalized spacial score (nSPS) is 11.2. The van der Waals surface area contributed by atoms with Crippen LogP contribution in [0.2, 0.25) is 0 Å². The molecule has 0 saturated carbocycles. The fourth-order valence-electron chi connectivity index (χ4n) is 1.88. The predicted octanol–water partition coefficient (Wildman–Crippen LogP) is 4.23. The third kappa shape index (κ3) is 4.30. The summed E-state index contributed by atoms with van der Waals surface area (Å²) in [6.45, 7) is 4.93. The Balaban J connectivity index is 2.02. The Morgan fingerprint density at radius 2 is 2.00 bits per heavy atom. The molecule has 2 nitrogen and oxygen atoms in total. The zero-order valence-electron chi connectivity index (χ0n) is 11.7. The van der Waals surface area contributed by atoms with E-state index in [0.717, 1.165) is 27.8 Å². The second kappa shape index (κ2) is 7.20. The van der Waals surface area contributed by atoms with Crippen LogP contribution in [-0.2, 0) is 18.7 Å². The Labute approximate surface area is 127 Å². The molecule has 0 unspecified atom stereocenters. The summed E-state index contributed by atoms with van der Waals surface area (Å²) in [6, 6.07) is 6.57. The first-order valence-electron chi connectivity index (χ1n) is 6.64. The number of hydrogen-bond donors (Lipinski definition) is 1. The number of thioether (sulfide) groups is 1. The van der Waals surface area contributed by atoms with Crippen molar-refractivity contribution in [3.63, 3.8) is 0 Å². The van der Waals surface area contributed by atoms with E-state index < -0.39 is 0 Å². The van der Waals surface area contributed by atoms with Crippen LogP contribution >= 0.6 is 23.1 Å². The van der Waals surface area contributed by atoms with Gasteiger partial charge in [0.25, 0.3) is 0 Å². The van der Waals surface area contributed by atoms with Gasteiger partial charge >= 0.3 is 0 Å². The topological polar surface area (TPSA) is 38.9 Å². The van der Waals surface area contributed by atoms with Crippen LogP contribution in [0.1, 0.15) is 29.4 Å². The van der Waals surface area contributed by atoms with Crippen molar-refractivity contribution in [1.29, 1.82) is 0 Å². The zero-order valence-corrected chi connectivity index (χ0v) is 13.4. The number of hydrogen-bond acceptors (Lipinski definition) is 4. The quantitative estimate of drug-likeness (QED) is 0.811. The number of aromatic nitrogens is 1. The molecule has 2 aromatic rings. The lowest BCUT2D eigenvalue weighted by molar-refractivity contribution is 0.626. The van der Waals surface area contributed by atoms with Crippen molar-refractivity contribution >= 4 is 23.1 Å². The van der Waals surface area contributed by atoms with E-state index in [-0.39, 0.29) is 5.82 Å². The molecule has 2 N–H and O–H groups in total. The first-order chi connectivity index (χ1) is 9.58. The average molecular weight is 310 g/mol. The predicted molar refractivity (Wildman–Crippen MR) is 84.5 cm³/mol. The smallest absolute Gasteiger partial charge is 0.123 e. The van der Waals surface area contributed by atoms with E-state index in [4.69, 9.17) is 10.7 Å². The summed E-state index contributed by atoms with van der Waals surface area (Å²) < 4.78 is 12.8. The molecule has 108 valence electrons. The molecule has 0 aliphatic carbocycles. The Kier molecular flexibility index (Phi) is 5.57. The highest BCUT2D eigenvalue weighted by Crippen LogP contribution is 2.28. The highest BCUT2D eigenvalue weighted by Gasteiger charge is 2.11. The maximum Gasteiger partial charge on any atom is 0.123 e. The van der Waals surface area contributed by atoms with Crippen molar-refractivity contribution in [2.75, 3.05) is 0 Å². The first kappa shape index (κ1) is 15.5.